The van der Waals surface area contributed by atoms with E-state index in [9.17, 15) is 0 Å². The molecule has 3 nitrogen and oxygen atoms in total. The fourth-order valence-corrected chi connectivity index (χ4v) is 2.04. The van der Waals surface area contributed by atoms with Gasteiger partial charge in [0.25, 0.3) is 0 Å². The van der Waals surface area contributed by atoms with Gasteiger partial charge in [0.1, 0.15) is 0 Å². The van der Waals surface area contributed by atoms with Crippen LogP contribution in [-0.4, -0.2) is 16.3 Å². The Bertz CT molecular complexity index is 497. The number of hydrogen-bond acceptors (Lipinski definition) is 2. The molecular formula is C16H23N3. The Hall–Kier alpha value is -1.61. The summed E-state index contributed by atoms with van der Waals surface area (Å²) in [6.07, 6.45) is 3.96. The molecule has 0 amide bonds. The monoisotopic (exact) mass is 257 g/mol. The van der Waals surface area contributed by atoms with Crippen LogP contribution in [0.4, 0.5) is 0 Å². The van der Waals surface area contributed by atoms with Crippen LogP contribution < -0.4 is 5.32 Å². The molecule has 1 heterocycles. The van der Waals surface area contributed by atoms with E-state index < -0.39 is 0 Å². The molecule has 0 atom stereocenters. The van der Waals surface area contributed by atoms with Crippen molar-refractivity contribution in [2.45, 2.75) is 39.8 Å². The van der Waals surface area contributed by atoms with E-state index in [1.54, 1.807) is 0 Å². The molecular weight excluding hydrogens is 234 g/mol. The zero-order valence-corrected chi connectivity index (χ0v) is 12.1. The van der Waals surface area contributed by atoms with Crippen molar-refractivity contribution in [3.8, 4) is 0 Å². The Labute approximate surface area is 115 Å². The number of hydrogen-bond donors (Lipinski definition) is 1. The Balaban J connectivity index is 1.73. The van der Waals surface area contributed by atoms with Crippen molar-refractivity contribution in [1.82, 2.24) is 15.1 Å². The number of nitrogens with zero attached hydrogens (tertiary/aromatic N) is 2. The molecule has 0 radical (unpaired) electrons. The number of rotatable bonds is 6. The minimum atomic E-state index is 0.602. The minimum Gasteiger partial charge on any atom is -0.311 e. The highest BCUT2D eigenvalue weighted by molar-refractivity contribution is 5.24. The SMILES string of the molecule is Cc1cnn(CCNCc2ccc(C(C)C)cc2)c1. The molecule has 0 aliphatic carbocycles. The van der Waals surface area contributed by atoms with Gasteiger partial charge in [0, 0.05) is 19.3 Å². The fraction of sp³-hybridized carbons (Fsp3) is 0.438. The zero-order chi connectivity index (χ0) is 13.7. The van der Waals surface area contributed by atoms with Crippen LogP contribution in [0.2, 0.25) is 0 Å². The van der Waals surface area contributed by atoms with Gasteiger partial charge < -0.3 is 5.32 Å². The van der Waals surface area contributed by atoms with Crippen molar-refractivity contribution in [2.75, 3.05) is 6.54 Å². The minimum absolute atomic E-state index is 0.602. The van der Waals surface area contributed by atoms with Gasteiger partial charge in [-0.05, 0) is 29.5 Å². The first kappa shape index (κ1) is 13.8. The second-order valence-electron chi connectivity index (χ2n) is 5.35. The number of nitrogens with one attached hydrogen (secondary N) is 1. The first-order valence-corrected chi connectivity index (χ1v) is 6.94. The van der Waals surface area contributed by atoms with Crippen molar-refractivity contribution in [3.63, 3.8) is 0 Å². The van der Waals surface area contributed by atoms with E-state index in [0.717, 1.165) is 19.6 Å². The third-order valence-corrected chi connectivity index (χ3v) is 3.26. The molecule has 1 N–H and O–H groups in total. The summed E-state index contributed by atoms with van der Waals surface area (Å²) in [5.74, 6) is 0.602. The summed E-state index contributed by atoms with van der Waals surface area (Å²) in [6, 6.07) is 8.86. The molecule has 0 saturated carbocycles. The van der Waals surface area contributed by atoms with E-state index in [0.29, 0.717) is 5.92 Å². The third-order valence-electron chi connectivity index (χ3n) is 3.26. The van der Waals surface area contributed by atoms with Gasteiger partial charge in [-0.25, -0.2) is 0 Å². The molecule has 19 heavy (non-hydrogen) atoms. The maximum atomic E-state index is 4.27. The maximum absolute atomic E-state index is 4.27. The molecule has 2 rings (SSSR count). The standard InChI is InChI=1S/C16H23N3/c1-13(2)16-6-4-15(5-7-16)11-17-8-9-19-12-14(3)10-18-19/h4-7,10,12-13,17H,8-9,11H2,1-3H3. The molecule has 0 saturated heterocycles. The highest BCUT2D eigenvalue weighted by atomic mass is 15.3. The van der Waals surface area contributed by atoms with Crippen LogP contribution in [0, 0.1) is 6.92 Å². The topological polar surface area (TPSA) is 29.9 Å². The van der Waals surface area contributed by atoms with Crippen molar-refractivity contribution in [3.05, 3.63) is 53.3 Å². The van der Waals surface area contributed by atoms with Gasteiger partial charge in [-0.3, -0.25) is 4.68 Å². The van der Waals surface area contributed by atoms with Crippen LogP contribution in [0.5, 0.6) is 0 Å². The predicted octanol–water partition coefficient (Wildman–Crippen LogP) is 3.10. The molecule has 102 valence electrons. The van der Waals surface area contributed by atoms with Gasteiger partial charge in [-0.1, -0.05) is 38.1 Å². The Morgan fingerprint density at radius 2 is 1.95 bits per heavy atom. The number of benzene rings is 1. The van der Waals surface area contributed by atoms with Crippen LogP contribution in [0.3, 0.4) is 0 Å². The van der Waals surface area contributed by atoms with Crippen LogP contribution in [-0.2, 0) is 13.1 Å². The van der Waals surface area contributed by atoms with Crippen molar-refractivity contribution in [2.24, 2.45) is 0 Å². The average Bonchev–Trinajstić information content (AvgIpc) is 2.81. The van der Waals surface area contributed by atoms with E-state index in [-0.39, 0.29) is 0 Å². The van der Waals surface area contributed by atoms with Crippen LogP contribution in [0.1, 0.15) is 36.5 Å². The summed E-state index contributed by atoms with van der Waals surface area (Å²) in [6.45, 7) is 9.27. The normalized spacial score (nSPS) is 11.2. The quantitative estimate of drug-likeness (QED) is 0.806. The molecule has 0 aliphatic heterocycles. The van der Waals surface area contributed by atoms with Crippen LogP contribution in [0.25, 0.3) is 0 Å². The van der Waals surface area contributed by atoms with Gasteiger partial charge in [-0.15, -0.1) is 0 Å². The molecule has 0 bridgehead atoms. The first-order chi connectivity index (χ1) is 9.15. The van der Waals surface area contributed by atoms with Gasteiger partial charge in [-0.2, -0.15) is 5.10 Å². The summed E-state index contributed by atoms with van der Waals surface area (Å²) >= 11 is 0. The molecule has 3 heteroatoms. The van der Waals surface area contributed by atoms with Gasteiger partial charge >= 0.3 is 0 Å². The zero-order valence-electron chi connectivity index (χ0n) is 12.1. The van der Waals surface area contributed by atoms with E-state index >= 15 is 0 Å². The van der Waals surface area contributed by atoms with E-state index in [1.807, 2.05) is 10.9 Å². The first-order valence-electron chi connectivity index (χ1n) is 6.94. The van der Waals surface area contributed by atoms with E-state index in [4.69, 9.17) is 0 Å². The second-order valence-corrected chi connectivity index (χ2v) is 5.35. The summed E-state index contributed by atoms with van der Waals surface area (Å²) < 4.78 is 1.98. The Morgan fingerprint density at radius 3 is 2.53 bits per heavy atom. The lowest BCUT2D eigenvalue weighted by atomic mass is 10.0. The van der Waals surface area contributed by atoms with Crippen LogP contribution in [0.15, 0.2) is 36.7 Å². The van der Waals surface area contributed by atoms with Crippen molar-refractivity contribution < 1.29 is 0 Å². The third kappa shape index (κ3) is 4.21. The maximum Gasteiger partial charge on any atom is 0.0534 e. The molecule has 0 unspecified atom stereocenters. The Kier molecular flexibility index (Phi) is 4.74. The number of aromatic nitrogens is 2. The molecule has 0 fully saturated rings. The average molecular weight is 257 g/mol. The summed E-state index contributed by atoms with van der Waals surface area (Å²) in [7, 11) is 0. The highest BCUT2D eigenvalue weighted by Gasteiger charge is 1.99. The fourth-order valence-electron chi connectivity index (χ4n) is 2.04. The van der Waals surface area contributed by atoms with Gasteiger partial charge in [0.15, 0.2) is 0 Å². The van der Waals surface area contributed by atoms with Crippen molar-refractivity contribution >= 4 is 0 Å². The lowest BCUT2D eigenvalue weighted by Gasteiger charge is -2.08. The summed E-state index contributed by atoms with van der Waals surface area (Å²) in [5.41, 5.74) is 3.95. The molecule has 0 spiro atoms. The number of aryl methyl sites for hydroxylation is 1. The smallest absolute Gasteiger partial charge is 0.0534 e. The van der Waals surface area contributed by atoms with Gasteiger partial charge in [0.2, 0.25) is 0 Å². The largest absolute Gasteiger partial charge is 0.311 e. The molecule has 1 aromatic carbocycles. The van der Waals surface area contributed by atoms with Crippen LogP contribution >= 0.6 is 0 Å². The lowest BCUT2D eigenvalue weighted by Crippen LogP contribution is -2.19. The van der Waals surface area contributed by atoms with Crippen molar-refractivity contribution in [1.29, 1.82) is 0 Å². The summed E-state index contributed by atoms with van der Waals surface area (Å²) in [4.78, 5) is 0. The molecule has 1 aromatic heterocycles. The lowest BCUT2D eigenvalue weighted by molar-refractivity contribution is 0.554. The highest BCUT2D eigenvalue weighted by Crippen LogP contribution is 2.14. The Morgan fingerprint density at radius 1 is 1.21 bits per heavy atom. The molecule has 2 aromatic rings. The predicted molar refractivity (Wildman–Crippen MR) is 79.2 cm³/mol. The van der Waals surface area contributed by atoms with Gasteiger partial charge in [0.05, 0.1) is 12.7 Å². The molecule has 0 aliphatic rings. The van der Waals surface area contributed by atoms with E-state index in [2.05, 4.69) is 61.6 Å². The summed E-state index contributed by atoms with van der Waals surface area (Å²) in [5, 5.41) is 7.72. The second kappa shape index (κ2) is 6.53. The van der Waals surface area contributed by atoms with E-state index in [1.165, 1.54) is 16.7 Å².